The van der Waals surface area contributed by atoms with Crippen LogP contribution in [-0.4, -0.2) is 28.7 Å². The molecule has 0 saturated heterocycles. The average molecular weight is 405 g/mol. The van der Waals surface area contributed by atoms with Gasteiger partial charge in [0.05, 0.1) is 11.3 Å². The van der Waals surface area contributed by atoms with Gasteiger partial charge in [-0.1, -0.05) is 18.2 Å². The molecule has 0 aliphatic carbocycles. The number of halogens is 1. The SMILES string of the molecule is CC(=O)Nc1ccccc1C(=O)N[C@H](Cc1cccnc1Br)C(N)=O. The van der Waals surface area contributed by atoms with Crippen molar-refractivity contribution in [2.75, 3.05) is 5.32 Å². The minimum absolute atomic E-state index is 0.192. The Bertz CT molecular complexity index is 810. The van der Waals surface area contributed by atoms with E-state index in [-0.39, 0.29) is 17.9 Å². The van der Waals surface area contributed by atoms with E-state index in [1.54, 1.807) is 42.6 Å². The van der Waals surface area contributed by atoms with Crippen LogP contribution in [0.15, 0.2) is 47.2 Å². The van der Waals surface area contributed by atoms with Crippen LogP contribution in [0.1, 0.15) is 22.8 Å². The molecule has 2 aromatic rings. The summed E-state index contributed by atoms with van der Waals surface area (Å²) in [4.78, 5) is 39.6. The van der Waals surface area contributed by atoms with E-state index in [2.05, 4.69) is 31.5 Å². The predicted molar refractivity (Wildman–Crippen MR) is 96.8 cm³/mol. The van der Waals surface area contributed by atoms with Crippen LogP contribution in [0.4, 0.5) is 5.69 Å². The lowest BCUT2D eigenvalue weighted by atomic mass is 10.1. The Labute approximate surface area is 153 Å². The highest BCUT2D eigenvalue weighted by molar-refractivity contribution is 9.10. The second-order valence-electron chi connectivity index (χ2n) is 5.31. The fraction of sp³-hybridized carbons (Fsp3) is 0.176. The van der Waals surface area contributed by atoms with Gasteiger partial charge in [-0.2, -0.15) is 0 Å². The number of para-hydroxylation sites is 1. The third-order valence-electron chi connectivity index (χ3n) is 3.39. The van der Waals surface area contributed by atoms with Crippen LogP contribution in [0.5, 0.6) is 0 Å². The molecule has 25 heavy (non-hydrogen) atoms. The van der Waals surface area contributed by atoms with Crippen LogP contribution in [0, 0.1) is 0 Å². The second kappa shape index (κ2) is 8.39. The van der Waals surface area contributed by atoms with E-state index in [1.807, 2.05) is 0 Å². The smallest absolute Gasteiger partial charge is 0.254 e. The Hall–Kier alpha value is -2.74. The van der Waals surface area contributed by atoms with Crippen molar-refractivity contribution < 1.29 is 14.4 Å². The van der Waals surface area contributed by atoms with Crippen LogP contribution < -0.4 is 16.4 Å². The number of pyridine rings is 1. The highest BCUT2D eigenvalue weighted by atomic mass is 79.9. The molecule has 0 aliphatic heterocycles. The van der Waals surface area contributed by atoms with Gasteiger partial charge in [0.2, 0.25) is 11.8 Å². The molecule has 0 unspecified atom stereocenters. The highest BCUT2D eigenvalue weighted by Crippen LogP contribution is 2.17. The number of nitrogens with one attached hydrogen (secondary N) is 2. The minimum atomic E-state index is -0.918. The van der Waals surface area contributed by atoms with Crippen molar-refractivity contribution in [2.45, 2.75) is 19.4 Å². The molecule has 1 atom stereocenters. The molecule has 0 bridgehead atoms. The molecule has 2 rings (SSSR count). The van der Waals surface area contributed by atoms with Crippen LogP contribution in [0.2, 0.25) is 0 Å². The summed E-state index contributed by atoms with van der Waals surface area (Å²) >= 11 is 3.30. The summed E-state index contributed by atoms with van der Waals surface area (Å²) in [7, 11) is 0. The number of primary amides is 1. The number of benzene rings is 1. The summed E-state index contributed by atoms with van der Waals surface area (Å²) in [5, 5.41) is 5.19. The Morgan fingerprint density at radius 1 is 1.20 bits per heavy atom. The molecule has 0 spiro atoms. The average Bonchev–Trinajstić information content (AvgIpc) is 2.55. The molecule has 3 amide bonds. The zero-order valence-electron chi connectivity index (χ0n) is 13.5. The first-order valence-electron chi connectivity index (χ1n) is 7.44. The summed E-state index contributed by atoms with van der Waals surface area (Å²) < 4.78 is 0.578. The number of carbonyl (C=O) groups excluding carboxylic acids is 3. The van der Waals surface area contributed by atoms with Gasteiger partial charge in [-0.05, 0) is 39.7 Å². The Kier molecular flexibility index (Phi) is 6.24. The van der Waals surface area contributed by atoms with E-state index < -0.39 is 17.9 Å². The summed E-state index contributed by atoms with van der Waals surface area (Å²) in [5.74, 6) is -1.47. The molecule has 1 aromatic heterocycles. The molecular formula is C17H17BrN4O3. The fourth-order valence-corrected chi connectivity index (χ4v) is 2.64. The van der Waals surface area contributed by atoms with Gasteiger partial charge in [0.15, 0.2) is 0 Å². The largest absolute Gasteiger partial charge is 0.368 e. The van der Waals surface area contributed by atoms with Crippen molar-refractivity contribution in [3.63, 3.8) is 0 Å². The lowest BCUT2D eigenvalue weighted by Crippen LogP contribution is -2.46. The topological polar surface area (TPSA) is 114 Å². The molecule has 0 aliphatic rings. The molecule has 0 radical (unpaired) electrons. The summed E-state index contributed by atoms with van der Waals surface area (Å²) in [6.45, 7) is 1.35. The van der Waals surface area contributed by atoms with Gasteiger partial charge in [-0.15, -0.1) is 0 Å². The quantitative estimate of drug-likeness (QED) is 0.634. The standard InChI is InChI=1S/C17H17BrN4O3/c1-10(23)21-13-7-3-2-6-12(13)17(25)22-14(16(19)24)9-11-5-4-8-20-15(11)18/h2-8,14H,9H2,1H3,(H2,19,24)(H,21,23)(H,22,25)/t14-/m1/s1. The van der Waals surface area contributed by atoms with E-state index in [4.69, 9.17) is 5.73 Å². The van der Waals surface area contributed by atoms with Crippen molar-refractivity contribution in [3.05, 3.63) is 58.3 Å². The zero-order valence-corrected chi connectivity index (χ0v) is 15.0. The highest BCUT2D eigenvalue weighted by Gasteiger charge is 2.22. The fourth-order valence-electron chi connectivity index (χ4n) is 2.23. The van der Waals surface area contributed by atoms with Gasteiger partial charge >= 0.3 is 0 Å². The molecule has 130 valence electrons. The van der Waals surface area contributed by atoms with Crippen molar-refractivity contribution in [1.29, 1.82) is 0 Å². The van der Waals surface area contributed by atoms with E-state index in [0.29, 0.717) is 10.3 Å². The number of rotatable bonds is 6. The first-order valence-corrected chi connectivity index (χ1v) is 8.24. The zero-order chi connectivity index (χ0) is 18.4. The number of amides is 3. The molecule has 0 saturated carbocycles. The van der Waals surface area contributed by atoms with Gasteiger partial charge in [0.25, 0.3) is 5.91 Å². The Balaban J connectivity index is 2.20. The minimum Gasteiger partial charge on any atom is -0.368 e. The van der Waals surface area contributed by atoms with Gasteiger partial charge < -0.3 is 16.4 Å². The molecule has 7 nitrogen and oxygen atoms in total. The summed E-state index contributed by atoms with van der Waals surface area (Å²) in [5.41, 5.74) is 6.76. The summed E-state index contributed by atoms with van der Waals surface area (Å²) in [6, 6.07) is 9.11. The molecular weight excluding hydrogens is 388 g/mol. The van der Waals surface area contributed by atoms with Crippen molar-refractivity contribution in [1.82, 2.24) is 10.3 Å². The number of anilines is 1. The number of nitrogens with two attached hydrogens (primary N) is 1. The van der Waals surface area contributed by atoms with Crippen molar-refractivity contribution in [3.8, 4) is 0 Å². The third kappa shape index (κ3) is 5.12. The molecule has 4 N–H and O–H groups in total. The second-order valence-corrected chi connectivity index (χ2v) is 6.06. The maximum Gasteiger partial charge on any atom is 0.254 e. The summed E-state index contributed by atoms with van der Waals surface area (Å²) in [6.07, 6.45) is 1.80. The number of hydrogen-bond donors (Lipinski definition) is 3. The molecule has 1 aromatic carbocycles. The van der Waals surface area contributed by atoms with Gasteiger partial charge in [-0.25, -0.2) is 4.98 Å². The van der Waals surface area contributed by atoms with E-state index >= 15 is 0 Å². The van der Waals surface area contributed by atoms with Crippen LogP contribution >= 0.6 is 15.9 Å². The van der Waals surface area contributed by atoms with Crippen LogP contribution in [0.25, 0.3) is 0 Å². The molecule has 1 heterocycles. The lowest BCUT2D eigenvalue weighted by Gasteiger charge is -2.17. The predicted octanol–water partition coefficient (Wildman–Crippen LogP) is 1.63. The Morgan fingerprint density at radius 3 is 2.56 bits per heavy atom. The lowest BCUT2D eigenvalue weighted by molar-refractivity contribution is -0.119. The van der Waals surface area contributed by atoms with Crippen LogP contribution in [-0.2, 0) is 16.0 Å². The Morgan fingerprint density at radius 2 is 1.92 bits per heavy atom. The van der Waals surface area contributed by atoms with Crippen LogP contribution in [0.3, 0.4) is 0 Å². The van der Waals surface area contributed by atoms with E-state index in [1.165, 1.54) is 6.92 Å². The maximum absolute atomic E-state index is 12.5. The van der Waals surface area contributed by atoms with Gasteiger partial charge in [-0.3, -0.25) is 14.4 Å². The first kappa shape index (κ1) is 18.6. The van der Waals surface area contributed by atoms with E-state index in [0.717, 1.165) is 5.56 Å². The number of nitrogens with zero attached hydrogens (tertiary/aromatic N) is 1. The van der Waals surface area contributed by atoms with E-state index in [9.17, 15) is 14.4 Å². The monoisotopic (exact) mass is 404 g/mol. The maximum atomic E-state index is 12.5. The number of aromatic nitrogens is 1. The first-order chi connectivity index (χ1) is 11.9. The number of hydrogen-bond acceptors (Lipinski definition) is 4. The van der Waals surface area contributed by atoms with Gasteiger partial charge in [0.1, 0.15) is 10.6 Å². The molecule has 8 heteroatoms. The van der Waals surface area contributed by atoms with Crippen molar-refractivity contribution in [2.24, 2.45) is 5.73 Å². The van der Waals surface area contributed by atoms with Crippen molar-refractivity contribution >= 4 is 39.3 Å². The normalized spacial score (nSPS) is 11.4. The number of carbonyl (C=O) groups is 3. The molecule has 0 fully saturated rings. The van der Waals surface area contributed by atoms with Gasteiger partial charge in [0, 0.05) is 19.5 Å². The third-order valence-corrected chi connectivity index (χ3v) is 4.11.